The minimum Gasteiger partial charge on any atom is -0.135 e. The Balaban J connectivity index is 1.31. The lowest BCUT2D eigenvalue weighted by Crippen LogP contribution is -2.16. The Kier molecular flexibility index (Phi) is 5.31. The lowest BCUT2D eigenvalue weighted by Gasteiger charge is -2.26. The summed E-state index contributed by atoms with van der Waals surface area (Å²) < 4.78 is 2.68. The van der Waals surface area contributed by atoms with Gasteiger partial charge in [0.25, 0.3) is 0 Å². The van der Waals surface area contributed by atoms with E-state index in [9.17, 15) is 0 Å². The van der Waals surface area contributed by atoms with Gasteiger partial charge in [0.1, 0.15) is 0 Å². The molecule has 0 unspecified atom stereocenters. The van der Waals surface area contributed by atoms with Crippen molar-refractivity contribution in [3.8, 4) is 33.4 Å². The van der Waals surface area contributed by atoms with E-state index >= 15 is 0 Å². The number of benzene rings is 8. The fraction of sp³-hybridized carbons (Fsp3) is 0.0667. The first-order valence-corrected chi connectivity index (χ1v) is 16.9. The summed E-state index contributed by atoms with van der Waals surface area (Å²) in [6, 6.07) is 54.5. The average molecular weight is 603 g/mol. The summed E-state index contributed by atoms with van der Waals surface area (Å²) in [4.78, 5) is 0. The molecule has 0 saturated carbocycles. The Labute approximate surface area is 272 Å². The molecule has 1 aliphatic carbocycles. The van der Waals surface area contributed by atoms with Crippen molar-refractivity contribution in [2.24, 2.45) is 0 Å². The molecule has 46 heavy (non-hydrogen) atoms. The molecule has 0 radical (unpaired) electrons. The quantitative estimate of drug-likeness (QED) is 0.173. The highest BCUT2D eigenvalue weighted by Gasteiger charge is 2.39. The largest absolute Gasteiger partial charge is 0.135 e. The van der Waals surface area contributed by atoms with Crippen LogP contribution >= 0.6 is 11.3 Å². The van der Waals surface area contributed by atoms with Crippen LogP contribution in [0.1, 0.15) is 25.0 Å². The van der Waals surface area contributed by atoms with Crippen molar-refractivity contribution in [1.29, 1.82) is 0 Å². The van der Waals surface area contributed by atoms with Crippen LogP contribution in [0.3, 0.4) is 0 Å². The first-order valence-electron chi connectivity index (χ1n) is 16.1. The summed E-state index contributed by atoms with van der Waals surface area (Å²) in [5, 5.41) is 10.5. The molecule has 216 valence electrons. The maximum absolute atomic E-state index is 2.42. The Morgan fingerprint density at radius 3 is 1.70 bits per heavy atom. The van der Waals surface area contributed by atoms with E-state index in [1.54, 1.807) is 0 Å². The molecule has 0 aliphatic heterocycles. The predicted octanol–water partition coefficient (Wildman–Crippen LogP) is 13.2. The van der Waals surface area contributed by atoms with Crippen molar-refractivity contribution in [2.75, 3.05) is 0 Å². The molecule has 1 aromatic heterocycles. The molecule has 0 atom stereocenters. The number of hydrogen-bond donors (Lipinski definition) is 0. The van der Waals surface area contributed by atoms with Gasteiger partial charge in [0, 0.05) is 25.6 Å². The zero-order valence-corrected chi connectivity index (χ0v) is 26.6. The van der Waals surface area contributed by atoms with E-state index in [2.05, 4.69) is 159 Å². The second kappa shape index (κ2) is 9.39. The lowest BCUT2D eigenvalue weighted by atomic mass is 9.76. The molecule has 10 rings (SSSR count). The Morgan fingerprint density at radius 1 is 0.413 bits per heavy atom. The highest BCUT2D eigenvalue weighted by Crippen LogP contribution is 2.56. The maximum Gasteiger partial charge on any atom is 0.0355 e. The van der Waals surface area contributed by atoms with E-state index < -0.39 is 0 Å². The molecule has 8 aromatic carbocycles. The van der Waals surface area contributed by atoms with Gasteiger partial charge in [-0.25, -0.2) is 0 Å². The van der Waals surface area contributed by atoms with E-state index in [0.717, 1.165) is 0 Å². The summed E-state index contributed by atoms with van der Waals surface area (Å²) in [5.41, 5.74) is 10.7. The minimum atomic E-state index is -0.142. The van der Waals surface area contributed by atoms with Crippen LogP contribution in [0.25, 0.3) is 85.9 Å². The standard InChI is InChI=1S/C45H30S/c1-45(2)38-24-22-27-12-3-4-13-29(27)43(38)36-20-11-19-35(44(36)45)42-33-17-7-5-15-31(33)41(32-16-6-8-18-34(32)42)28-23-25-40-37(26-28)30-14-9-10-21-39(30)46-40/h3-26H,1-2H3. The van der Waals surface area contributed by atoms with Crippen molar-refractivity contribution in [1.82, 2.24) is 0 Å². The third-order valence-electron chi connectivity index (χ3n) is 10.4. The third-order valence-corrected chi connectivity index (χ3v) is 11.6. The summed E-state index contributed by atoms with van der Waals surface area (Å²) in [6.45, 7) is 4.82. The SMILES string of the molecule is CC1(C)c2ccc3ccccc3c2-c2cccc(-c3c4ccccc4c(-c4ccc5sc6ccccc6c5c4)c4ccccc34)c21. The van der Waals surface area contributed by atoms with Crippen LogP contribution in [0.5, 0.6) is 0 Å². The van der Waals surface area contributed by atoms with E-state index in [0.29, 0.717) is 0 Å². The van der Waals surface area contributed by atoms with Gasteiger partial charge in [-0.1, -0.05) is 141 Å². The maximum atomic E-state index is 2.42. The van der Waals surface area contributed by atoms with Crippen molar-refractivity contribution in [3.05, 3.63) is 157 Å². The van der Waals surface area contributed by atoms with Gasteiger partial charge in [-0.3, -0.25) is 0 Å². The summed E-state index contributed by atoms with van der Waals surface area (Å²) in [7, 11) is 0. The van der Waals surface area contributed by atoms with E-state index in [-0.39, 0.29) is 5.41 Å². The molecule has 0 nitrogen and oxygen atoms in total. The molecule has 1 aliphatic rings. The zero-order chi connectivity index (χ0) is 30.6. The predicted molar refractivity (Wildman–Crippen MR) is 200 cm³/mol. The number of hydrogen-bond acceptors (Lipinski definition) is 1. The second-order valence-corrected chi connectivity index (χ2v) is 14.3. The van der Waals surface area contributed by atoms with Crippen LogP contribution in [0.4, 0.5) is 0 Å². The molecule has 1 heteroatoms. The molecule has 0 N–H and O–H groups in total. The van der Waals surface area contributed by atoms with Gasteiger partial charge in [-0.15, -0.1) is 11.3 Å². The Hall–Kier alpha value is -5.24. The van der Waals surface area contributed by atoms with E-state index in [1.807, 2.05) is 11.3 Å². The van der Waals surface area contributed by atoms with Crippen LogP contribution in [0, 0.1) is 0 Å². The fourth-order valence-electron chi connectivity index (χ4n) is 8.47. The van der Waals surface area contributed by atoms with Gasteiger partial charge in [-0.05, 0) is 95.0 Å². The van der Waals surface area contributed by atoms with Crippen molar-refractivity contribution >= 4 is 63.8 Å². The molecule has 0 spiro atoms. The second-order valence-electron chi connectivity index (χ2n) is 13.2. The average Bonchev–Trinajstić information content (AvgIpc) is 3.59. The monoisotopic (exact) mass is 602 g/mol. The van der Waals surface area contributed by atoms with Crippen LogP contribution < -0.4 is 0 Å². The molecule has 0 amide bonds. The van der Waals surface area contributed by atoms with Gasteiger partial charge in [0.15, 0.2) is 0 Å². The molecule has 0 fully saturated rings. The zero-order valence-electron chi connectivity index (χ0n) is 25.8. The van der Waals surface area contributed by atoms with E-state index in [4.69, 9.17) is 0 Å². The summed E-state index contributed by atoms with van der Waals surface area (Å²) >= 11 is 1.88. The van der Waals surface area contributed by atoms with Gasteiger partial charge < -0.3 is 0 Å². The number of thiophene rings is 1. The number of fused-ring (bicyclic) bond motifs is 10. The molecule has 9 aromatic rings. The normalized spacial score (nSPS) is 13.6. The summed E-state index contributed by atoms with van der Waals surface area (Å²) in [6.07, 6.45) is 0. The van der Waals surface area contributed by atoms with Gasteiger partial charge >= 0.3 is 0 Å². The minimum absolute atomic E-state index is 0.142. The molecule has 0 saturated heterocycles. The van der Waals surface area contributed by atoms with Crippen LogP contribution in [0.2, 0.25) is 0 Å². The highest BCUT2D eigenvalue weighted by molar-refractivity contribution is 7.25. The molecule has 0 bridgehead atoms. The van der Waals surface area contributed by atoms with Crippen molar-refractivity contribution < 1.29 is 0 Å². The van der Waals surface area contributed by atoms with Crippen LogP contribution in [-0.4, -0.2) is 0 Å². The van der Waals surface area contributed by atoms with Gasteiger partial charge in [-0.2, -0.15) is 0 Å². The van der Waals surface area contributed by atoms with Crippen LogP contribution in [-0.2, 0) is 5.41 Å². The fourth-order valence-corrected chi connectivity index (χ4v) is 9.56. The lowest BCUT2D eigenvalue weighted by molar-refractivity contribution is 0.663. The van der Waals surface area contributed by atoms with Crippen molar-refractivity contribution in [3.63, 3.8) is 0 Å². The van der Waals surface area contributed by atoms with Gasteiger partial charge in [0.05, 0.1) is 0 Å². The molecular formula is C45H30S. The Morgan fingerprint density at radius 2 is 0.978 bits per heavy atom. The van der Waals surface area contributed by atoms with Crippen LogP contribution in [0.15, 0.2) is 146 Å². The summed E-state index contributed by atoms with van der Waals surface area (Å²) in [5.74, 6) is 0. The number of rotatable bonds is 2. The van der Waals surface area contributed by atoms with E-state index in [1.165, 1.54) is 97.0 Å². The van der Waals surface area contributed by atoms with Crippen molar-refractivity contribution in [2.45, 2.75) is 19.3 Å². The first kappa shape index (κ1) is 26.0. The first-order chi connectivity index (χ1) is 22.6. The molecular weight excluding hydrogens is 573 g/mol. The third kappa shape index (κ3) is 3.44. The molecule has 1 heterocycles. The smallest absolute Gasteiger partial charge is 0.0355 e. The van der Waals surface area contributed by atoms with Gasteiger partial charge in [0.2, 0.25) is 0 Å². The topological polar surface area (TPSA) is 0 Å². The Bertz CT molecular complexity index is 2660. The highest BCUT2D eigenvalue weighted by atomic mass is 32.1.